The van der Waals surface area contributed by atoms with Gasteiger partial charge in [0, 0.05) is 12.4 Å². The summed E-state index contributed by atoms with van der Waals surface area (Å²) in [5.41, 5.74) is 0.257. The quantitative estimate of drug-likeness (QED) is 0.829. The zero-order chi connectivity index (χ0) is 14.8. The molecular formula is C13H18ClN5O. The fraction of sp³-hybridized carbons (Fsp3) is 0.462. The van der Waals surface area contributed by atoms with Gasteiger partial charge in [0.05, 0.1) is 23.5 Å². The monoisotopic (exact) mass is 295 g/mol. The van der Waals surface area contributed by atoms with Crippen LogP contribution in [0.4, 0.5) is 11.6 Å². The molecular weight excluding hydrogens is 278 g/mol. The smallest absolute Gasteiger partial charge is 0.228 e. The van der Waals surface area contributed by atoms with Crippen molar-refractivity contribution in [1.29, 1.82) is 0 Å². The summed E-state index contributed by atoms with van der Waals surface area (Å²) in [6.07, 6.45) is 5.23. The molecule has 108 valence electrons. The maximum atomic E-state index is 10.1. The van der Waals surface area contributed by atoms with Crippen LogP contribution in [0.5, 0.6) is 0 Å². The largest absolute Gasteiger partial charge is 0.391 e. The van der Waals surface area contributed by atoms with Crippen molar-refractivity contribution >= 4 is 23.2 Å². The lowest BCUT2D eigenvalue weighted by Crippen LogP contribution is -2.39. The van der Waals surface area contributed by atoms with Gasteiger partial charge in [0.1, 0.15) is 5.15 Å². The van der Waals surface area contributed by atoms with Crippen LogP contribution in [0.3, 0.4) is 0 Å². The van der Waals surface area contributed by atoms with Gasteiger partial charge in [0.25, 0.3) is 0 Å². The maximum absolute atomic E-state index is 10.1. The fourth-order valence-electron chi connectivity index (χ4n) is 1.88. The molecule has 1 atom stereocenters. The minimum absolute atomic E-state index is 0.372. The molecule has 0 aliphatic rings. The Morgan fingerprint density at radius 3 is 2.90 bits per heavy atom. The second-order valence-corrected chi connectivity index (χ2v) is 5.47. The van der Waals surface area contributed by atoms with Gasteiger partial charge in [-0.15, -0.1) is 0 Å². The first-order valence-corrected chi connectivity index (χ1v) is 6.80. The fourth-order valence-corrected chi connectivity index (χ4v) is 2.02. The van der Waals surface area contributed by atoms with E-state index >= 15 is 0 Å². The molecule has 2 aromatic rings. The summed E-state index contributed by atoms with van der Waals surface area (Å²) in [6.45, 7) is 5.82. The molecule has 2 aromatic heterocycles. The third-order valence-electron chi connectivity index (χ3n) is 3.25. The van der Waals surface area contributed by atoms with E-state index in [1.165, 1.54) is 0 Å². The average Bonchev–Trinajstić information content (AvgIpc) is 2.87. The summed E-state index contributed by atoms with van der Waals surface area (Å²) in [5.74, 6) is 0.408. The van der Waals surface area contributed by atoms with E-state index in [9.17, 15) is 5.11 Å². The Morgan fingerprint density at radius 1 is 1.50 bits per heavy atom. The Kier molecular flexibility index (Phi) is 4.25. The minimum Gasteiger partial charge on any atom is -0.391 e. The lowest BCUT2D eigenvalue weighted by atomic mass is 9.96. The molecule has 2 heterocycles. The number of aromatic nitrogens is 4. The van der Waals surface area contributed by atoms with Gasteiger partial charge < -0.3 is 10.4 Å². The molecule has 0 radical (unpaired) electrons. The normalized spacial score (nSPS) is 13.2. The molecule has 0 aromatic carbocycles. The maximum Gasteiger partial charge on any atom is 0.228 e. The summed E-state index contributed by atoms with van der Waals surface area (Å²) in [7, 11) is 0. The van der Waals surface area contributed by atoms with Crippen LogP contribution in [0.15, 0.2) is 24.7 Å². The van der Waals surface area contributed by atoms with Crippen molar-refractivity contribution in [2.45, 2.75) is 38.8 Å². The lowest BCUT2D eigenvalue weighted by Gasteiger charge is -2.30. The highest BCUT2D eigenvalue weighted by Gasteiger charge is 2.29. The molecule has 2 N–H and O–H groups in total. The topological polar surface area (TPSA) is 75.9 Å². The van der Waals surface area contributed by atoms with E-state index < -0.39 is 11.6 Å². The van der Waals surface area contributed by atoms with Crippen molar-refractivity contribution in [2.75, 3.05) is 5.32 Å². The van der Waals surface area contributed by atoms with Gasteiger partial charge in [-0.1, -0.05) is 18.5 Å². The van der Waals surface area contributed by atoms with Crippen LogP contribution in [0, 0.1) is 0 Å². The van der Waals surface area contributed by atoms with Gasteiger partial charge in [-0.05, 0) is 26.3 Å². The molecule has 0 bridgehead atoms. The van der Waals surface area contributed by atoms with Crippen LogP contribution in [0.25, 0.3) is 0 Å². The van der Waals surface area contributed by atoms with Gasteiger partial charge in [-0.2, -0.15) is 5.10 Å². The Hall–Kier alpha value is -1.66. The average molecular weight is 296 g/mol. The van der Waals surface area contributed by atoms with Gasteiger partial charge in [0.15, 0.2) is 0 Å². The molecule has 0 saturated heterocycles. The zero-order valence-electron chi connectivity index (χ0n) is 11.7. The van der Waals surface area contributed by atoms with E-state index in [-0.39, 0.29) is 0 Å². The Labute approximate surface area is 122 Å². The standard InChI is InChI=1S/C13H18ClN5O/c1-4-10(20)13(2,3)19-8-9(7-16-19)17-12-15-6-5-11(14)18-12/h5-8,10,20H,4H2,1-3H3,(H,15,17,18). The molecule has 0 aliphatic carbocycles. The van der Waals surface area contributed by atoms with Gasteiger partial charge in [0.2, 0.25) is 5.95 Å². The van der Waals surface area contributed by atoms with Crippen LogP contribution < -0.4 is 5.32 Å². The predicted octanol–water partition coefficient (Wildman–Crippen LogP) is 2.58. The predicted molar refractivity (Wildman–Crippen MR) is 78.2 cm³/mol. The van der Waals surface area contributed by atoms with E-state index in [0.717, 1.165) is 5.69 Å². The number of hydrogen-bond acceptors (Lipinski definition) is 5. The van der Waals surface area contributed by atoms with E-state index in [4.69, 9.17) is 11.6 Å². The van der Waals surface area contributed by atoms with Crippen molar-refractivity contribution in [3.05, 3.63) is 29.8 Å². The number of nitrogens with zero attached hydrogens (tertiary/aromatic N) is 4. The molecule has 6 nitrogen and oxygen atoms in total. The van der Waals surface area contributed by atoms with Crippen LogP contribution in [0.2, 0.25) is 5.15 Å². The van der Waals surface area contributed by atoms with E-state index in [0.29, 0.717) is 17.5 Å². The molecule has 20 heavy (non-hydrogen) atoms. The highest BCUT2D eigenvalue weighted by Crippen LogP contribution is 2.24. The highest BCUT2D eigenvalue weighted by atomic mass is 35.5. The van der Waals surface area contributed by atoms with Crippen LogP contribution in [0.1, 0.15) is 27.2 Å². The number of halogens is 1. The van der Waals surface area contributed by atoms with Crippen molar-refractivity contribution < 1.29 is 5.11 Å². The first-order chi connectivity index (χ1) is 9.43. The Bertz CT molecular complexity index is 584. The summed E-state index contributed by atoms with van der Waals surface area (Å²) in [5, 5.41) is 17.7. The molecule has 0 amide bonds. The first kappa shape index (κ1) is 14.7. The van der Waals surface area contributed by atoms with Crippen molar-refractivity contribution in [3.63, 3.8) is 0 Å². The summed E-state index contributed by atoms with van der Waals surface area (Å²) >= 11 is 5.80. The number of aliphatic hydroxyl groups excluding tert-OH is 1. The van der Waals surface area contributed by atoms with Crippen LogP contribution in [-0.4, -0.2) is 31.0 Å². The lowest BCUT2D eigenvalue weighted by molar-refractivity contribution is 0.0465. The summed E-state index contributed by atoms with van der Waals surface area (Å²) in [4.78, 5) is 8.11. The number of nitrogens with one attached hydrogen (secondary N) is 1. The zero-order valence-corrected chi connectivity index (χ0v) is 12.5. The number of rotatable bonds is 5. The van der Waals surface area contributed by atoms with Gasteiger partial charge in [-0.3, -0.25) is 4.68 Å². The molecule has 0 fully saturated rings. The minimum atomic E-state index is -0.482. The molecule has 2 rings (SSSR count). The van der Waals surface area contributed by atoms with Crippen LogP contribution >= 0.6 is 11.6 Å². The third kappa shape index (κ3) is 3.08. The van der Waals surface area contributed by atoms with Gasteiger partial charge >= 0.3 is 0 Å². The van der Waals surface area contributed by atoms with E-state index in [2.05, 4.69) is 20.4 Å². The first-order valence-electron chi connectivity index (χ1n) is 6.42. The number of hydrogen-bond donors (Lipinski definition) is 2. The number of aliphatic hydroxyl groups is 1. The SMILES string of the molecule is CCC(O)C(C)(C)n1cc(Nc2nccc(Cl)n2)cn1. The molecule has 0 aliphatic heterocycles. The van der Waals surface area contributed by atoms with Crippen molar-refractivity contribution in [2.24, 2.45) is 0 Å². The van der Waals surface area contributed by atoms with Gasteiger partial charge in [-0.25, -0.2) is 9.97 Å². The van der Waals surface area contributed by atoms with Crippen molar-refractivity contribution in [3.8, 4) is 0 Å². The summed E-state index contributed by atoms with van der Waals surface area (Å²) in [6, 6.07) is 1.61. The van der Waals surface area contributed by atoms with Crippen LogP contribution in [-0.2, 0) is 5.54 Å². The van der Waals surface area contributed by atoms with E-state index in [1.54, 1.807) is 23.1 Å². The molecule has 0 spiro atoms. The molecule has 0 saturated carbocycles. The Morgan fingerprint density at radius 2 is 2.25 bits per heavy atom. The second-order valence-electron chi connectivity index (χ2n) is 5.08. The van der Waals surface area contributed by atoms with E-state index in [1.807, 2.05) is 27.0 Å². The molecule has 7 heteroatoms. The van der Waals surface area contributed by atoms with Crippen molar-refractivity contribution in [1.82, 2.24) is 19.7 Å². The third-order valence-corrected chi connectivity index (χ3v) is 3.46. The number of anilines is 2. The highest BCUT2D eigenvalue weighted by molar-refractivity contribution is 6.29. The molecule has 1 unspecified atom stereocenters. The second kappa shape index (κ2) is 5.76. The Balaban J connectivity index is 2.17. The summed E-state index contributed by atoms with van der Waals surface area (Å²) < 4.78 is 1.73.